The monoisotopic (exact) mass is 383 g/mol. The number of ether oxygens (including phenoxy) is 3. The maximum Gasteiger partial charge on any atom is 0.223 e. The summed E-state index contributed by atoms with van der Waals surface area (Å²) in [6.45, 7) is 2.75. The van der Waals surface area contributed by atoms with Crippen molar-refractivity contribution in [2.75, 3.05) is 13.7 Å². The molecule has 0 aliphatic heterocycles. The fourth-order valence-electron chi connectivity index (χ4n) is 2.77. The molecular weight excluding hydrogens is 361 g/mol. The molecule has 0 amide bonds. The lowest BCUT2D eigenvalue weighted by molar-refractivity contribution is 0.280. The van der Waals surface area contributed by atoms with Crippen LogP contribution in [0.1, 0.15) is 11.3 Å². The van der Waals surface area contributed by atoms with Gasteiger partial charge < -0.3 is 18.8 Å². The number of nitrogens with zero attached hydrogens (tertiary/aromatic N) is 1. The van der Waals surface area contributed by atoms with Crippen LogP contribution in [0.2, 0.25) is 0 Å². The number of methoxy groups -OCH3 is 1. The Hall–Kier alpha value is -3.28. The third-order valence-electron chi connectivity index (χ3n) is 4.38. The first-order chi connectivity index (χ1) is 13.6. The zero-order valence-corrected chi connectivity index (χ0v) is 15.9. The predicted molar refractivity (Wildman–Crippen MR) is 105 cm³/mol. The topological polar surface area (TPSA) is 49.7 Å². The van der Waals surface area contributed by atoms with Gasteiger partial charge in [-0.3, -0.25) is 4.79 Å². The fraction of sp³-hybridized carbons (Fsp3) is 0.227. The standard InChI is InChI=1S/C22H22FNO4/c1-16-22(28-15-17-5-3-4-6-20(17)23)21(25)11-12-24(16)13-14-27-19-9-7-18(26-2)8-10-19/h3-12H,13-15H2,1-2H3. The van der Waals surface area contributed by atoms with E-state index in [1.54, 1.807) is 38.4 Å². The van der Waals surface area contributed by atoms with E-state index in [0.29, 0.717) is 24.4 Å². The summed E-state index contributed by atoms with van der Waals surface area (Å²) in [7, 11) is 1.61. The van der Waals surface area contributed by atoms with Crippen LogP contribution in [0.25, 0.3) is 0 Å². The summed E-state index contributed by atoms with van der Waals surface area (Å²) in [5.41, 5.74) is 0.836. The van der Waals surface area contributed by atoms with E-state index in [1.807, 2.05) is 28.8 Å². The van der Waals surface area contributed by atoms with E-state index in [-0.39, 0.29) is 23.6 Å². The first-order valence-electron chi connectivity index (χ1n) is 8.91. The summed E-state index contributed by atoms with van der Waals surface area (Å²) in [6, 6.07) is 15.1. The Bertz CT molecular complexity index is 983. The fourth-order valence-corrected chi connectivity index (χ4v) is 2.77. The largest absolute Gasteiger partial charge is 0.497 e. The molecule has 0 saturated heterocycles. The summed E-state index contributed by atoms with van der Waals surface area (Å²) in [4.78, 5) is 12.2. The van der Waals surface area contributed by atoms with Crippen molar-refractivity contribution >= 4 is 0 Å². The number of rotatable bonds is 8. The van der Waals surface area contributed by atoms with Crippen LogP contribution < -0.4 is 19.6 Å². The summed E-state index contributed by atoms with van der Waals surface area (Å²) in [5.74, 6) is 1.36. The molecule has 0 atom stereocenters. The van der Waals surface area contributed by atoms with E-state index in [9.17, 15) is 9.18 Å². The molecule has 0 radical (unpaired) electrons. The summed E-state index contributed by atoms with van der Waals surface area (Å²) >= 11 is 0. The molecule has 28 heavy (non-hydrogen) atoms. The number of aromatic nitrogens is 1. The predicted octanol–water partition coefficient (Wildman–Crippen LogP) is 3.96. The highest BCUT2D eigenvalue weighted by Crippen LogP contribution is 2.18. The molecule has 6 heteroatoms. The van der Waals surface area contributed by atoms with Crippen LogP contribution in [0.3, 0.4) is 0 Å². The first-order valence-corrected chi connectivity index (χ1v) is 8.91. The molecule has 0 N–H and O–H groups in total. The van der Waals surface area contributed by atoms with Gasteiger partial charge in [0.2, 0.25) is 5.43 Å². The Kier molecular flexibility index (Phi) is 6.32. The second-order valence-corrected chi connectivity index (χ2v) is 6.19. The van der Waals surface area contributed by atoms with Gasteiger partial charge in [-0.05, 0) is 37.3 Å². The zero-order valence-electron chi connectivity index (χ0n) is 15.9. The van der Waals surface area contributed by atoms with Crippen LogP contribution in [-0.4, -0.2) is 18.3 Å². The Morgan fingerprint density at radius 1 is 0.964 bits per heavy atom. The van der Waals surface area contributed by atoms with Crippen LogP contribution in [0.5, 0.6) is 17.2 Å². The van der Waals surface area contributed by atoms with Gasteiger partial charge in [-0.2, -0.15) is 0 Å². The normalized spacial score (nSPS) is 10.5. The van der Waals surface area contributed by atoms with Crippen LogP contribution in [-0.2, 0) is 13.2 Å². The van der Waals surface area contributed by atoms with Crippen molar-refractivity contribution in [2.24, 2.45) is 0 Å². The molecule has 0 aliphatic carbocycles. The van der Waals surface area contributed by atoms with Gasteiger partial charge in [0.05, 0.1) is 19.3 Å². The second kappa shape index (κ2) is 9.08. The molecule has 0 bridgehead atoms. The molecule has 0 unspecified atom stereocenters. The van der Waals surface area contributed by atoms with Crippen molar-refractivity contribution in [3.8, 4) is 17.2 Å². The SMILES string of the molecule is COc1ccc(OCCn2ccc(=O)c(OCc3ccccc3F)c2C)cc1. The smallest absolute Gasteiger partial charge is 0.223 e. The highest BCUT2D eigenvalue weighted by atomic mass is 19.1. The van der Waals surface area contributed by atoms with E-state index in [0.717, 1.165) is 11.5 Å². The Balaban J connectivity index is 1.64. The number of hydrogen-bond acceptors (Lipinski definition) is 4. The molecule has 3 aromatic rings. The zero-order chi connectivity index (χ0) is 19.9. The molecule has 2 aromatic carbocycles. The van der Waals surface area contributed by atoms with Gasteiger partial charge in [0.15, 0.2) is 5.75 Å². The van der Waals surface area contributed by atoms with Crippen molar-refractivity contribution in [3.63, 3.8) is 0 Å². The molecule has 3 rings (SSSR count). The van der Waals surface area contributed by atoms with Crippen molar-refractivity contribution in [1.29, 1.82) is 0 Å². The van der Waals surface area contributed by atoms with E-state index in [1.165, 1.54) is 12.1 Å². The lowest BCUT2D eigenvalue weighted by Gasteiger charge is -2.15. The highest BCUT2D eigenvalue weighted by Gasteiger charge is 2.10. The first kappa shape index (κ1) is 19.5. The van der Waals surface area contributed by atoms with E-state index in [2.05, 4.69) is 0 Å². The minimum atomic E-state index is -0.357. The third kappa shape index (κ3) is 4.71. The van der Waals surface area contributed by atoms with Crippen LogP contribution in [0.15, 0.2) is 65.6 Å². The molecule has 0 fully saturated rings. The molecular formula is C22H22FNO4. The average Bonchev–Trinajstić information content (AvgIpc) is 2.71. The maximum absolute atomic E-state index is 13.8. The van der Waals surface area contributed by atoms with E-state index < -0.39 is 0 Å². The average molecular weight is 383 g/mol. The highest BCUT2D eigenvalue weighted by molar-refractivity contribution is 5.31. The van der Waals surface area contributed by atoms with Crippen LogP contribution >= 0.6 is 0 Å². The third-order valence-corrected chi connectivity index (χ3v) is 4.38. The van der Waals surface area contributed by atoms with Crippen molar-refractivity contribution < 1.29 is 18.6 Å². The molecule has 1 heterocycles. The number of benzene rings is 2. The maximum atomic E-state index is 13.8. The summed E-state index contributed by atoms with van der Waals surface area (Å²) in [5, 5.41) is 0. The number of hydrogen-bond donors (Lipinski definition) is 0. The Morgan fingerprint density at radius 2 is 1.68 bits per heavy atom. The molecule has 146 valence electrons. The van der Waals surface area contributed by atoms with E-state index in [4.69, 9.17) is 14.2 Å². The number of pyridine rings is 1. The molecule has 0 spiro atoms. The second-order valence-electron chi connectivity index (χ2n) is 6.19. The van der Waals surface area contributed by atoms with Gasteiger partial charge in [-0.25, -0.2) is 4.39 Å². The quantitative estimate of drug-likeness (QED) is 0.591. The molecule has 0 saturated carbocycles. The van der Waals surface area contributed by atoms with Crippen LogP contribution in [0, 0.1) is 12.7 Å². The summed E-state index contributed by atoms with van der Waals surface area (Å²) < 4.78 is 32.1. The minimum absolute atomic E-state index is 0.00485. The van der Waals surface area contributed by atoms with Crippen molar-refractivity contribution in [1.82, 2.24) is 4.57 Å². The lowest BCUT2D eigenvalue weighted by Crippen LogP contribution is -2.17. The van der Waals surface area contributed by atoms with Crippen LogP contribution in [0.4, 0.5) is 4.39 Å². The molecule has 0 aliphatic rings. The molecule has 5 nitrogen and oxygen atoms in total. The molecule has 1 aromatic heterocycles. The van der Waals surface area contributed by atoms with Gasteiger partial charge in [0, 0.05) is 17.8 Å². The van der Waals surface area contributed by atoms with Gasteiger partial charge in [-0.1, -0.05) is 18.2 Å². The van der Waals surface area contributed by atoms with Crippen molar-refractivity contribution in [2.45, 2.75) is 20.1 Å². The van der Waals surface area contributed by atoms with Crippen molar-refractivity contribution in [3.05, 3.63) is 88.1 Å². The lowest BCUT2D eigenvalue weighted by atomic mass is 10.2. The van der Waals surface area contributed by atoms with Gasteiger partial charge >= 0.3 is 0 Å². The Morgan fingerprint density at radius 3 is 2.39 bits per heavy atom. The Labute approximate surface area is 162 Å². The minimum Gasteiger partial charge on any atom is -0.497 e. The summed E-state index contributed by atoms with van der Waals surface area (Å²) in [6.07, 6.45) is 1.70. The van der Waals surface area contributed by atoms with E-state index >= 15 is 0 Å². The number of halogens is 1. The van der Waals surface area contributed by atoms with Gasteiger partial charge in [0.25, 0.3) is 0 Å². The van der Waals surface area contributed by atoms with Gasteiger partial charge in [-0.15, -0.1) is 0 Å². The van der Waals surface area contributed by atoms with Gasteiger partial charge in [0.1, 0.15) is 30.5 Å².